The van der Waals surface area contributed by atoms with Gasteiger partial charge in [-0.25, -0.2) is 0 Å². The summed E-state index contributed by atoms with van der Waals surface area (Å²) < 4.78 is 12.9. The average molecular weight is 359 g/mol. The van der Waals surface area contributed by atoms with Crippen LogP contribution in [0.25, 0.3) is 0 Å². The van der Waals surface area contributed by atoms with E-state index in [9.17, 15) is 0 Å². The molecule has 0 atom stereocenters. The van der Waals surface area contributed by atoms with Crippen LogP contribution in [0.4, 0.5) is 0 Å². The predicted molar refractivity (Wildman–Crippen MR) is 78.3 cm³/mol. The molecule has 1 aromatic rings. The van der Waals surface area contributed by atoms with Gasteiger partial charge in [-0.05, 0) is 53.3 Å². The second kappa shape index (κ2) is 5.45. The Hall–Kier alpha value is -0.170. The van der Waals surface area contributed by atoms with Gasteiger partial charge in [-0.1, -0.05) is 12.1 Å². The highest BCUT2D eigenvalue weighted by Gasteiger charge is 2.40. The number of nitrogens with zero attached hydrogens (tertiary/aromatic N) is 1. The van der Waals surface area contributed by atoms with Gasteiger partial charge in [0.2, 0.25) is 0 Å². The number of benzene rings is 1. The fourth-order valence-corrected chi connectivity index (χ4v) is 3.15. The van der Waals surface area contributed by atoms with Crippen molar-refractivity contribution < 1.29 is 9.47 Å². The van der Waals surface area contributed by atoms with Crippen molar-refractivity contribution in [1.29, 1.82) is 0 Å². The second-order valence-electron chi connectivity index (χ2n) is 5.05. The number of hydrogen-bond donors (Lipinski definition) is 0. The van der Waals surface area contributed by atoms with Gasteiger partial charge in [-0.15, -0.1) is 0 Å². The van der Waals surface area contributed by atoms with Gasteiger partial charge in [-0.3, -0.25) is 4.90 Å². The lowest BCUT2D eigenvalue weighted by molar-refractivity contribution is -0.190. The Kier molecular flexibility index (Phi) is 3.89. The largest absolute Gasteiger partial charge is 0.346 e. The topological polar surface area (TPSA) is 21.7 Å². The molecule has 2 heterocycles. The minimum absolute atomic E-state index is 0.304. The first-order valence-corrected chi connectivity index (χ1v) is 7.58. The third-order valence-electron chi connectivity index (χ3n) is 3.63. The molecule has 0 amide bonds. The van der Waals surface area contributed by atoms with E-state index in [0.717, 1.165) is 45.7 Å². The van der Waals surface area contributed by atoms with Gasteiger partial charge in [0, 0.05) is 16.5 Å². The summed E-state index contributed by atoms with van der Waals surface area (Å²) in [6.07, 6.45) is 2.19. The van der Waals surface area contributed by atoms with Crippen molar-refractivity contribution in [3.63, 3.8) is 0 Å². The lowest BCUT2D eigenvalue weighted by Crippen LogP contribution is -2.48. The molecule has 0 radical (unpaired) electrons. The molecule has 0 bridgehead atoms. The number of likely N-dealkylation sites (tertiary alicyclic amines) is 1. The van der Waals surface area contributed by atoms with Gasteiger partial charge in [0.25, 0.3) is 0 Å². The molecular formula is C14H18INO2. The molecule has 98 valence electrons. The molecule has 3 nitrogen and oxygen atoms in total. The molecule has 1 aromatic carbocycles. The number of piperidine rings is 1. The molecule has 2 aliphatic rings. The van der Waals surface area contributed by atoms with Crippen LogP contribution in [0.3, 0.4) is 0 Å². The van der Waals surface area contributed by atoms with E-state index in [1.807, 2.05) is 0 Å². The smallest absolute Gasteiger partial charge is 0.181 e. The van der Waals surface area contributed by atoms with Crippen molar-refractivity contribution in [2.75, 3.05) is 26.3 Å². The molecule has 3 rings (SSSR count). The molecule has 0 N–H and O–H groups in total. The Labute approximate surface area is 122 Å². The van der Waals surface area contributed by atoms with Crippen LogP contribution in [-0.2, 0) is 16.0 Å². The summed E-state index contributed by atoms with van der Waals surface area (Å²) in [5.74, 6) is -0.304. The van der Waals surface area contributed by atoms with Crippen molar-refractivity contribution in [3.8, 4) is 0 Å². The quantitative estimate of drug-likeness (QED) is 0.758. The van der Waals surface area contributed by atoms with Gasteiger partial charge >= 0.3 is 0 Å². The van der Waals surface area contributed by atoms with E-state index in [-0.39, 0.29) is 5.79 Å². The molecule has 18 heavy (non-hydrogen) atoms. The molecule has 0 aromatic heterocycles. The second-order valence-corrected chi connectivity index (χ2v) is 6.29. The fraction of sp³-hybridized carbons (Fsp3) is 0.571. The first-order valence-electron chi connectivity index (χ1n) is 6.51. The van der Waals surface area contributed by atoms with E-state index in [4.69, 9.17) is 9.47 Å². The number of hydrogen-bond acceptors (Lipinski definition) is 3. The first kappa shape index (κ1) is 12.8. The summed E-state index contributed by atoms with van der Waals surface area (Å²) in [6.45, 7) is 4.53. The van der Waals surface area contributed by atoms with Crippen molar-refractivity contribution >= 4 is 22.6 Å². The maximum Gasteiger partial charge on any atom is 0.181 e. The Balaban J connectivity index is 1.64. The van der Waals surface area contributed by atoms with Crippen molar-refractivity contribution in [1.82, 2.24) is 4.90 Å². The van der Waals surface area contributed by atoms with E-state index in [1.165, 1.54) is 9.13 Å². The van der Waals surface area contributed by atoms with Gasteiger partial charge in [0.1, 0.15) is 0 Å². The van der Waals surface area contributed by atoms with Crippen LogP contribution in [0.15, 0.2) is 24.3 Å². The van der Waals surface area contributed by atoms with Gasteiger partial charge in [0.05, 0.1) is 19.8 Å². The standard InChI is InChI=1S/C14H18INO2/c15-13-4-2-12(3-5-13)10-16-7-1-6-14(11-16)17-8-9-18-14/h2-5H,1,6-11H2. The number of ether oxygens (including phenoxy) is 2. The van der Waals surface area contributed by atoms with Crippen LogP contribution in [0.1, 0.15) is 18.4 Å². The Bertz CT molecular complexity index is 401. The predicted octanol–water partition coefficient (Wildman–Crippen LogP) is 2.63. The Morgan fingerprint density at radius 2 is 1.89 bits per heavy atom. The summed E-state index contributed by atoms with van der Waals surface area (Å²) in [5, 5.41) is 0. The van der Waals surface area contributed by atoms with Gasteiger partial charge in [0.15, 0.2) is 5.79 Å². The van der Waals surface area contributed by atoms with Gasteiger partial charge in [-0.2, -0.15) is 0 Å². The van der Waals surface area contributed by atoms with Crippen molar-refractivity contribution in [3.05, 3.63) is 33.4 Å². The van der Waals surface area contributed by atoms with E-state index in [2.05, 4.69) is 51.8 Å². The van der Waals surface area contributed by atoms with Crippen LogP contribution in [0, 0.1) is 3.57 Å². The SMILES string of the molecule is Ic1ccc(CN2CCCC3(C2)OCCO3)cc1. The normalized spacial score (nSPS) is 23.6. The molecule has 2 saturated heterocycles. The Morgan fingerprint density at radius 3 is 2.61 bits per heavy atom. The lowest BCUT2D eigenvalue weighted by Gasteiger charge is -2.38. The first-order chi connectivity index (χ1) is 8.76. The zero-order valence-corrected chi connectivity index (χ0v) is 12.6. The molecule has 2 fully saturated rings. The summed E-state index contributed by atoms with van der Waals surface area (Å²) in [7, 11) is 0. The van der Waals surface area contributed by atoms with Crippen LogP contribution in [0.5, 0.6) is 0 Å². The monoisotopic (exact) mass is 359 g/mol. The molecule has 1 spiro atoms. The van der Waals surface area contributed by atoms with Crippen molar-refractivity contribution in [2.45, 2.75) is 25.2 Å². The third kappa shape index (κ3) is 2.87. The summed E-state index contributed by atoms with van der Waals surface area (Å²) >= 11 is 2.34. The summed E-state index contributed by atoms with van der Waals surface area (Å²) in [6, 6.07) is 8.75. The van der Waals surface area contributed by atoms with Crippen LogP contribution < -0.4 is 0 Å². The highest BCUT2D eigenvalue weighted by Crippen LogP contribution is 2.30. The molecule has 4 heteroatoms. The summed E-state index contributed by atoms with van der Waals surface area (Å²) in [4.78, 5) is 2.44. The zero-order valence-electron chi connectivity index (χ0n) is 10.4. The van der Waals surface area contributed by atoms with E-state index in [1.54, 1.807) is 0 Å². The molecule has 0 unspecified atom stereocenters. The lowest BCUT2D eigenvalue weighted by atomic mass is 10.0. The Morgan fingerprint density at radius 1 is 1.17 bits per heavy atom. The minimum atomic E-state index is -0.304. The van der Waals surface area contributed by atoms with Crippen molar-refractivity contribution in [2.24, 2.45) is 0 Å². The minimum Gasteiger partial charge on any atom is -0.346 e. The van der Waals surface area contributed by atoms with E-state index >= 15 is 0 Å². The third-order valence-corrected chi connectivity index (χ3v) is 4.35. The molecule has 0 aliphatic carbocycles. The zero-order chi connectivity index (χ0) is 12.4. The molecular weight excluding hydrogens is 341 g/mol. The van der Waals surface area contributed by atoms with Crippen LogP contribution in [0.2, 0.25) is 0 Å². The highest BCUT2D eigenvalue weighted by molar-refractivity contribution is 14.1. The molecule has 2 aliphatic heterocycles. The van der Waals surface area contributed by atoms with Crippen LogP contribution >= 0.6 is 22.6 Å². The summed E-state index contributed by atoms with van der Waals surface area (Å²) in [5.41, 5.74) is 1.37. The highest BCUT2D eigenvalue weighted by atomic mass is 127. The number of halogens is 1. The average Bonchev–Trinajstić information content (AvgIpc) is 2.80. The maximum atomic E-state index is 5.80. The molecule has 0 saturated carbocycles. The fourth-order valence-electron chi connectivity index (χ4n) is 2.79. The van der Waals surface area contributed by atoms with E-state index < -0.39 is 0 Å². The maximum absolute atomic E-state index is 5.80. The van der Waals surface area contributed by atoms with Gasteiger partial charge < -0.3 is 9.47 Å². The van der Waals surface area contributed by atoms with Crippen LogP contribution in [-0.4, -0.2) is 37.0 Å². The van der Waals surface area contributed by atoms with E-state index in [0.29, 0.717) is 0 Å². The number of rotatable bonds is 2.